The van der Waals surface area contributed by atoms with Gasteiger partial charge in [0.1, 0.15) is 11.6 Å². The van der Waals surface area contributed by atoms with Gasteiger partial charge in [-0.2, -0.15) is 0 Å². The van der Waals surface area contributed by atoms with Crippen LogP contribution in [0.4, 0.5) is 9.18 Å². The van der Waals surface area contributed by atoms with Crippen molar-refractivity contribution in [3.05, 3.63) is 65.5 Å². The quantitative estimate of drug-likeness (QED) is 0.800. The van der Waals surface area contributed by atoms with Gasteiger partial charge in [0.25, 0.3) is 0 Å². The van der Waals surface area contributed by atoms with Crippen LogP contribution in [0, 0.1) is 5.82 Å². The molecule has 2 rings (SSSR count). The predicted octanol–water partition coefficient (Wildman–Crippen LogP) is 4.34. The maximum atomic E-state index is 13.4. The van der Waals surface area contributed by atoms with Crippen molar-refractivity contribution < 1.29 is 13.9 Å². The first kappa shape index (κ1) is 19.8. The number of benzene rings is 2. The summed E-state index contributed by atoms with van der Waals surface area (Å²) in [5, 5.41) is 2.93. The molecule has 0 spiro atoms. The zero-order valence-electron chi connectivity index (χ0n) is 15.9. The molecule has 4 nitrogen and oxygen atoms in total. The lowest BCUT2D eigenvalue weighted by molar-refractivity contribution is 0.204. The highest BCUT2D eigenvalue weighted by Crippen LogP contribution is 2.23. The molecule has 0 aliphatic rings. The normalized spacial score (nSPS) is 11.1. The average Bonchev–Trinajstić information content (AvgIpc) is 2.61. The fourth-order valence-corrected chi connectivity index (χ4v) is 2.65. The Labute approximate surface area is 155 Å². The first-order valence-electron chi connectivity index (χ1n) is 8.78. The van der Waals surface area contributed by atoms with Gasteiger partial charge in [0.15, 0.2) is 0 Å². The standard InChI is InChI=1S/C21H27FN2O2/c1-5-26-19-11-9-16(10-12-19)14-24(4)20(25)23-15-21(2,3)17-7-6-8-18(22)13-17/h6-13H,5,14-15H2,1-4H3,(H,23,25). The van der Waals surface area contributed by atoms with Gasteiger partial charge in [-0.1, -0.05) is 38.1 Å². The fraction of sp³-hybridized carbons (Fsp3) is 0.381. The van der Waals surface area contributed by atoms with Crippen molar-refractivity contribution in [2.45, 2.75) is 32.7 Å². The molecule has 0 radical (unpaired) electrons. The largest absolute Gasteiger partial charge is 0.494 e. The molecule has 0 aliphatic heterocycles. The van der Waals surface area contributed by atoms with E-state index in [4.69, 9.17) is 4.74 Å². The number of hydrogen-bond donors (Lipinski definition) is 1. The van der Waals surface area contributed by atoms with Crippen LogP contribution in [0.25, 0.3) is 0 Å². The van der Waals surface area contributed by atoms with E-state index in [0.29, 0.717) is 19.7 Å². The molecule has 0 unspecified atom stereocenters. The molecule has 26 heavy (non-hydrogen) atoms. The van der Waals surface area contributed by atoms with E-state index in [1.165, 1.54) is 12.1 Å². The first-order chi connectivity index (χ1) is 12.3. The number of carbonyl (C=O) groups excluding carboxylic acids is 1. The number of ether oxygens (including phenoxy) is 1. The van der Waals surface area contributed by atoms with Crippen molar-refractivity contribution in [3.63, 3.8) is 0 Å². The van der Waals surface area contributed by atoms with Gasteiger partial charge in [-0.05, 0) is 42.3 Å². The summed E-state index contributed by atoms with van der Waals surface area (Å²) in [7, 11) is 1.75. The van der Waals surface area contributed by atoms with E-state index in [-0.39, 0.29) is 17.3 Å². The van der Waals surface area contributed by atoms with Crippen molar-refractivity contribution in [1.29, 1.82) is 0 Å². The van der Waals surface area contributed by atoms with Crippen LogP contribution in [-0.2, 0) is 12.0 Å². The lowest BCUT2D eigenvalue weighted by Crippen LogP contribution is -2.42. The van der Waals surface area contributed by atoms with Crippen LogP contribution in [0.2, 0.25) is 0 Å². The monoisotopic (exact) mass is 358 g/mol. The second-order valence-corrected chi connectivity index (χ2v) is 6.99. The number of carbonyl (C=O) groups is 1. The zero-order chi connectivity index (χ0) is 19.2. The van der Waals surface area contributed by atoms with Crippen LogP contribution in [0.5, 0.6) is 5.75 Å². The van der Waals surface area contributed by atoms with Gasteiger partial charge in [-0.3, -0.25) is 0 Å². The highest BCUT2D eigenvalue weighted by molar-refractivity contribution is 5.74. The number of rotatable bonds is 7. The maximum absolute atomic E-state index is 13.4. The Bertz CT molecular complexity index is 729. The Morgan fingerprint density at radius 1 is 1.19 bits per heavy atom. The summed E-state index contributed by atoms with van der Waals surface area (Å²) in [6.45, 7) is 7.45. The van der Waals surface area contributed by atoms with E-state index in [1.807, 2.05) is 51.1 Å². The first-order valence-corrected chi connectivity index (χ1v) is 8.78. The Kier molecular flexibility index (Phi) is 6.61. The molecule has 1 N–H and O–H groups in total. The van der Waals surface area contributed by atoms with Gasteiger partial charge in [-0.25, -0.2) is 9.18 Å². The second-order valence-electron chi connectivity index (χ2n) is 6.99. The molecule has 2 amide bonds. The van der Waals surface area contributed by atoms with E-state index in [9.17, 15) is 9.18 Å². The summed E-state index contributed by atoms with van der Waals surface area (Å²) in [6, 6.07) is 14.0. The van der Waals surface area contributed by atoms with Crippen LogP contribution < -0.4 is 10.1 Å². The molecule has 0 aromatic heterocycles. The van der Waals surface area contributed by atoms with Crippen molar-refractivity contribution in [2.75, 3.05) is 20.2 Å². The molecule has 0 atom stereocenters. The summed E-state index contributed by atoms with van der Waals surface area (Å²) >= 11 is 0. The Hall–Kier alpha value is -2.56. The summed E-state index contributed by atoms with van der Waals surface area (Å²) in [4.78, 5) is 14.0. The molecular formula is C21H27FN2O2. The molecule has 0 saturated heterocycles. The van der Waals surface area contributed by atoms with Gasteiger partial charge in [0, 0.05) is 25.6 Å². The molecule has 2 aromatic carbocycles. The number of nitrogens with one attached hydrogen (secondary N) is 1. The number of amides is 2. The maximum Gasteiger partial charge on any atom is 0.317 e. The third-order valence-electron chi connectivity index (χ3n) is 4.29. The predicted molar refractivity (Wildman–Crippen MR) is 102 cm³/mol. The molecule has 0 aliphatic carbocycles. The number of urea groups is 1. The highest BCUT2D eigenvalue weighted by Gasteiger charge is 2.22. The van der Waals surface area contributed by atoms with Crippen LogP contribution >= 0.6 is 0 Å². The van der Waals surface area contributed by atoms with Crippen LogP contribution in [0.1, 0.15) is 31.9 Å². The summed E-state index contributed by atoms with van der Waals surface area (Å²) in [5.41, 5.74) is 1.51. The smallest absolute Gasteiger partial charge is 0.317 e. The molecular weight excluding hydrogens is 331 g/mol. The molecule has 0 bridgehead atoms. The molecule has 0 saturated carbocycles. The molecule has 0 fully saturated rings. The minimum Gasteiger partial charge on any atom is -0.494 e. The summed E-state index contributed by atoms with van der Waals surface area (Å²) in [6.07, 6.45) is 0. The van der Waals surface area contributed by atoms with Crippen molar-refractivity contribution in [3.8, 4) is 5.75 Å². The lowest BCUT2D eigenvalue weighted by atomic mass is 9.84. The average molecular weight is 358 g/mol. The minimum atomic E-state index is -0.363. The third-order valence-corrected chi connectivity index (χ3v) is 4.29. The van der Waals surface area contributed by atoms with Crippen molar-refractivity contribution >= 4 is 6.03 Å². The molecule has 140 valence electrons. The van der Waals surface area contributed by atoms with Crippen LogP contribution in [-0.4, -0.2) is 31.1 Å². The Balaban J connectivity index is 1.90. The van der Waals surface area contributed by atoms with Gasteiger partial charge < -0.3 is 15.0 Å². The topological polar surface area (TPSA) is 41.6 Å². The lowest BCUT2D eigenvalue weighted by Gasteiger charge is -2.27. The van der Waals surface area contributed by atoms with Crippen molar-refractivity contribution in [2.24, 2.45) is 0 Å². The van der Waals surface area contributed by atoms with E-state index in [1.54, 1.807) is 18.0 Å². The van der Waals surface area contributed by atoms with Crippen LogP contribution in [0.15, 0.2) is 48.5 Å². The molecule has 0 heterocycles. The van der Waals surface area contributed by atoms with Gasteiger partial charge in [-0.15, -0.1) is 0 Å². The number of halogens is 1. The fourth-order valence-electron chi connectivity index (χ4n) is 2.65. The van der Waals surface area contributed by atoms with Gasteiger partial charge >= 0.3 is 6.03 Å². The van der Waals surface area contributed by atoms with Crippen LogP contribution in [0.3, 0.4) is 0 Å². The second kappa shape index (κ2) is 8.70. The molecule has 5 heteroatoms. The van der Waals surface area contributed by atoms with E-state index in [2.05, 4.69) is 5.32 Å². The number of nitrogens with zero attached hydrogens (tertiary/aromatic N) is 1. The van der Waals surface area contributed by atoms with Crippen molar-refractivity contribution in [1.82, 2.24) is 10.2 Å². The summed E-state index contributed by atoms with van der Waals surface area (Å²) < 4.78 is 18.9. The van der Waals surface area contributed by atoms with E-state index < -0.39 is 0 Å². The number of hydrogen-bond acceptors (Lipinski definition) is 2. The Morgan fingerprint density at radius 2 is 1.88 bits per heavy atom. The van der Waals surface area contributed by atoms with Gasteiger partial charge in [0.2, 0.25) is 0 Å². The van der Waals surface area contributed by atoms with E-state index >= 15 is 0 Å². The van der Waals surface area contributed by atoms with Gasteiger partial charge in [0.05, 0.1) is 6.61 Å². The highest BCUT2D eigenvalue weighted by atomic mass is 19.1. The Morgan fingerprint density at radius 3 is 2.50 bits per heavy atom. The molecule has 2 aromatic rings. The zero-order valence-corrected chi connectivity index (χ0v) is 15.9. The summed E-state index contributed by atoms with van der Waals surface area (Å²) in [5.74, 6) is 0.551. The minimum absolute atomic E-state index is 0.164. The SMILES string of the molecule is CCOc1ccc(CN(C)C(=O)NCC(C)(C)c2cccc(F)c2)cc1. The van der Waals surface area contributed by atoms with E-state index in [0.717, 1.165) is 16.9 Å². The third kappa shape index (κ3) is 5.48.